The first-order chi connectivity index (χ1) is 13.4. The lowest BCUT2D eigenvalue weighted by molar-refractivity contribution is -0.0915. The van der Waals surface area contributed by atoms with E-state index in [1.807, 2.05) is 12.1 Å². The van der Waals surface area contributed by atoms with Gasteiger partial charge < -0.3 is 10.2 Å². The quantitative estimate of drug-likeness (QED) is 0.826. The highest BCUT2D eigenvalue weighted by atomic mass is 19.2. The highest BCUT2D eigenvalue weighted by Crippen LogP contribution is 2.54. The van der Waals surface area contributed by atoms with E-state index in [4.69, 9.17) is 0 Å². The summed E-state index contributed by atoms with van der Waals surface area (Å²) in [7, 11) is 2.06. The van der Waals surface area contributed by atoms with Gasteiger partial charge in [-0.1, -0.05) is 12.1 Å². The number of carbonyl (C=O) groups excluding carboxylic acids is 1. The lowest BCUT2D eigenvalue weighted by Crippen LogP contribution is -2.61. The van der Waals surface area contributed by atoms with Crippen molar-refractivity contribution < 1.29 is 18.0 Å². The largest absolute Gasteiger partial charge is 0.324 e. The van der Waals surface area contributed by atoms with Crippen molar-refractivity contribution in [2.75, 3.05) is 32.0 Å². The fourth-order valence-corrected chi connectivity index (χ4v) is 4.65. The molecule has 0 aromatic heterocycles. The lowest BCUT2D eigenvalue weighted by Gasteiger charge is -2.59. The molecule has 2 aliphatic rings. The number of anilines is 1. The van der Waals surface area contributed by atoms with Crippen LogP contribution in [0.1, 0.15) is 24.4 Å². The molecule has 0 saturated carbocycles. The normalized spacial score (nSPS) is 21.4. The molecule has 2 heterocycles. The molecule has 1 atom stereocenters. The maximum atomic E-state index is 13.3. The van der Waals surface area contributed by atoms with E-state index in [-0.39, 0.29) is 29.0 Å². The maximum Gasteiger partial charge on any atom is 0.321 e. The van der Waals surface area contributed by atoms with E-state index in [0.717, 1.165) is 37.1 Å². The van der Waals surface area contributed by atoms with Gasteiger partial charge in [-0.2, -0.15) is 0 Å². The molecular weight excluding hydrogens is 367 g/mol. The van der Waals surface area contributed by atoms with E-state index in [2.05, 4.69) is 17.3 Å². The average molecular weight is 389 g/mol. The zero-order valence-electron chi connectivity index (χ0n) is 15.6. The number of hydrogen-bond donors (Lipinski definition) is 1. The van der Waals surface area contributed by atoms with Gasteiger partial charge in [-0.25, -0.2) is 18.0 Å². The van der Waals surface area contributed by atoms with Crippen molar-refractivity contribution in [3.8, 4) is 0 Å². The summed E-state index contributed by atoms with van der Waals surface area (Å²) in [4.78, 5) is 16.4. The number of carbonyl (C=O) groups is 1. The number of benzene rings is 2. The summed E-state index contributed by atoms with van der Waals surface area (Å²) in [6.07, 6.45) is 1.68. The second kappa shape index (κ2) is 7.13. The Hall–Kier alpha value is -2.54. The van der Waals surface area contributed by atoms with E-state index < -0.39 is 11.6 Å². The van der Waals surface area contributed by atoms with Crippen LogP contribution in [0.25, 0.3) is 0 Å². The van der Waals surface area contributed by atoms with Crippen molar-refractivity contribution in [2.24, 2.45) is 5.41 Å². The Morgan fingerprint density at radius 2 is 1.71 bits per heavy atom. The number of hydrogen-bond acceptors (Lipinski definition) is 2. The van der Waals surface area contributed by atoms with Gasteiger partial charge in [0.2, 0.25) is 0 Å². The molecule has 1 unspecified atom stereocenters. The van der Waals surface area contributed by atoms with E-state index in [0.29, 0.717) is 13.1 Å². The summed E-state index contributed by atoms with van der Waals surface area (Å²) in [5, 5.41) is 2.63. The van der Waals surface area contributed by atoms with Crippen molar-refractivity contribution in [1.82, 2.24) is 9.80 Å². The second-order valence-electron chi connectivity index (χ2n) is 7.78. The number of nitrogens with one attached hydrogen (secondary N) is 1. The molecule has 2 aliphatic heterocycles. The third-order valence-electron chi connectivity index (χ3n) is 5.99. The Morgan fingerprint density at radius 1 is 1.04 bits per heavy atom. The van der Waals surface area contributed by atoms with Crippen LogP contribution < -0.4 is 5.32 Å². The minimum absolute atomic E-state index is 0.0747. The molecule has 2 fully saturated rings. The molecule has 2 aromatic rings. The van der Waals surface area contributed by atoms with Crippen LogP contribution in [0.4, 0.5) is 23.7 Å². The Morgan fingerprint density at radius 3 is 2.32 bits per heavy atom. The molecular formula is C21H22F3N3O. The van der Waals surface area contributed by atoms with Crippen molar-refractivity contribution in [3.63, 3.8) is 0 Å². The van der Waals surface area contributed by atoms with E-state index >= 15 is 0 Å². The van der Waals surface area contributed by atoms with Gasteiger partial charge in [0.15, 0.2) is 11.6 Å². The molecule has 0 bridgehead atoms. The van der Waals surface area contributed by atoms with Crippen LogP contribution in [-0.2, 0) is 0 Å². The molecule has 1 spiro atoms. The van der Waals surface area contributed by atoms with Crippen LogP contribution in [0.3, 0.4) is 0 Å². The van der Waals surface area contributed by atoms with Crippen molar-refractivity contribution in [3.05, 3.63) is 65.5 Å². The van der Waals surface area contributed by atoms with Crippen molar-refractivity contribution in [2.45, 2.75) is 18.9 Å². The number of urea groups is 1. The Kier molecular flexibility index (Phi) is 4.79. The monoisotopic (exact) mass is 389 g/mol. The zero-order valence-corrected chi connectivity index (χ0v) is 15.6. The number of piperidine rings is 1. The van der Waals surface area contributed by atoms with E-state index in [1.165, 1.54) is 18.2 Å². The smallest absolute Gasteiger partial charge is 0.321 e. The number of likely N-dealkylation sites (tertiary alicyclic amines) is 2. The van der Waals surface area contributed by atoms with E-state index in [9.17, 15) is 18.0 Å². The molecule has 0 aliphatic carbocycles. The van der Waals surface area contributed by atoms with Gasteiger partial charge in [-0.3, -0.25) is 4.90 Å². The zero-order chi connectivity index (χ0) is 19.9. The summed E-state index contributed by atoms with van der Waals surface area (Å²) < 4.78 is 39.6. The third-order valence-corrected chi connectivity index (χ3v) is 5.99. The van der Waals surface area contributed by atoms with Gasteiger partial charge in [-0.15, -0.1) is 0 Å². The molecule has 4 nitrogen and oxygen atoms in total. The first-order valence-electron chi connectivity index (χ1n) is 9.35. The van der Waals surface area contributed by atoms with Gasteiger partial charge in [0.1, 0.15) is 5.82 Å². The number of nitrogens with zero attached hydrogens (tertiary/aromatic N) is 2. The highest BCUT2D eigenvalue weighted by molar-refractivity contribution is 5.89. The summed E-state index contributed by atoms with van der Waals surface area (Å²) in [5.41, 5.74) is 1.40. The first-order valence-corrected chi connectivity index (χ1v) is 9.35. The Balaban J connectivity index is 1.40. The average Bonchev–Trinajstić information content (AvgIpc) is 2.67. The fraction of sp³-hybridized carbons (Fsp3) is 0.381. The molecule has 1 N–H and O–H groups in total. The summed E-state index contributed by atoms with van der Waals surface area (Å²) in [5.74, 6) is -2.18. The SMILES string of the molecule is CN1CC2(CCN(C(=O)Nc3ccc(F)c(F)c3)CC2)C1c1ccc(F)cc1. The number of halogens is 3. The van der Waals surface area contributed by atoms with Crippen LogP contribution in [0.5, 0.6) is 0 Å². The molecule has 28 heavy (non-hydrogen) atoms. The van der Waals surface area contributed by atoms with Crippen molar-refractivity contribution in [1.29, 1.82) is 0 Å². The summed E-state index contributed by atoms with van der Waals surface area (Å²) in [6, 6.07) is 9.85. The molecule has 148 valence electrons. The molecule has 2 aromatic carbocycles. The fourth-order valence-electron chi connectivity index (χ4n) is 4.65. The number of amides is 2. The minimum Gasteiger partial charge on any atom is -0.324 e. The molecule has 0 radical (unpaired) electrons. The lowest BCUT2D eigenvalue weighted by atomic mass is 9.63. The van der Waals surface area contributed by atoms with Gasteiger partial charge in [0.25, 0.3) is 0 Å². The van der Waals surface area contributed by atoms with Crippen LogP contribution >= 0.6 is 0 Å². The maximum absolute atomic E-state index is 13.3. The molecule has 4 rings (SSSR count). The standard InChI is InChI=1S/C21H22F3N3O/c1-26-13-21(19(26)14-2-4-15(22)5-3-14)8-10-27(11-9-21)20(28)25-16-6-7-17(23)18(24)12-16/h2-7,12,19H,8-11,13H2,1H3,(H,25,28). The predicted molar refractivity (Wildman–Crippen MR) is 100 cm³/mol. The van der Waals surface area contributed by atoms with Crippen LogP contribution in [0.15, 0.2) is 42.5 Å². The van der Waals surface area contributed by atoms with Crippen molar-refractivity contribution >= 4 is 11.7 Å². The minimum atomic E-state index is -0.991. The summed E-state index contributed by atoms with van der Waals surface area (Å²) in [6.45, 7) is 2.11. The van der Waals surface area contributed by atoms with Crippen LogP contribution in [-0.4, -0.2) is 42.5 Å². The van der Waals surface area contributed by atoms with Gasteiger partial charge in [0, 0.05) is 42.8 Å². The van der Waals surface area contributed by atoms with E-state index in [1.54, 1.807) is 4.90 Å². The highest BCUT2D eigenvalue weighted by Gasteiger charge is 2.52. The third kappa shape index (κ3) is 3.35. The molecule has 2 saturated heterocycles. The molecule has 7 heteroatoms. The Labute approximate surface area is 161 Å². The topological polar surface area (TPSA) is 35.6 Å². The van der Waals surface area contributed by atoms with Crippen LogP contribution in [0.2, 0.25) is 0 Å². The van der Waals surface area contributed by atoms with Gasteiger partial charge in [0.05, 0.1) is 0 Å². The number of rotatable bonds is 2. The van der Waals surface area contributed by atoms with Crippen LogP contribution in [0, 0.1) is 22.9 Å². The first kappa shape index (κ1) is 18.8. The second-order valence-corrected chi connectivity index (χ2v) is 7.78. The Bertz CT molecular complexity index is 879. The molecule has 2 amide bonds. The van der Waals surface area contributed by atoms with Gasteiger partial charge >= 0.3 is 6.03 Å². The van der Waals surface area contributed by atoms with Gasteiger partial charge in [-0.05, 0) is 49.7 Å². The predicted octanol–water partition coefficient (Wildman–Crippen LogP) is 4.40. The summed E-state index contributed by atoms with van der Waals surface area (Å²) >= 11 is 0.